The van der Waals surface area contributed by atoms with Gasteiger partial charge in [0.05, 0.1) is 16.2 Å². The molecule has 0 spiro atoms. The summed E-state index contributed by atoms with van der Waals surface area (Å²) in [6, 6.07) is 3.33. The molecule has 1 aromatic rings. The fourth-order valence-corrected chi connectivity index (χ4v) is 1.75. The van der Waals surface area contributed by atoms with Crippen molar-refractivity contribution in [2.45, 2.75) is 26.7 Å². The molecule has 1 rings (SSSR count). The number of nitro groups is 1. The van der Waals surface area contributed by atoms with Gasteiger partial charge in [-0.15, -0.1) is 0 Å². The average Bonchev–Trinajstić information content (AvgIpc) is 2.38. The van der Waals surface area contributed by atoms with Crippen LogP contribution in [0.25, 0.3) is 0 Å². The van der Waals surface area contributed by atoms with E-state index in [0.717, 1.165) is 18.6 Å². The molecule has 2 N–H and O–H groups in total. The van der Waals surface area contributed by atoms with Crippen LogP contribution in [-0.2, 0) is 4.79 Å². The molecule has 0 saturated heterocycles. The van der Waals surface area contributed by atoms with Crippen molar-refractivity contribution in [3.05, 3.63) is 33.9 Å². The molecule has 0 aromatic heterocycles. The average molecular weight is 280 g/mol. The zero-order valence-corrected chi connectivity index (χ0v) is 11.3. The summed E-state index contributed by atoms with van der Waals surface area (Å²) >= 11 is 0. The number of nitrogens with zero attached hydrogens (tertiary/aromatic N) is 1. The Labute approximate surface area is 115 Å². The molecular weight excluding hydrogens is 264 g/mol. The Morgan fingerprint density at radius 3 is 2.60 bits per heavy atom. The molecule has 108 valence electrons. The predicted octanol–water partition coefficient (Wildman–Crippen LogP) is 2.67. The standard InChI is InChI=1S/C13H16N2O5/c1-3-4-8(2)12(16)14-11-6-5-9(15(19)20)7-10(11)13(17)18/h5-8H,3-4H2,1-2H3,(H,14,16)(H,17,18). The van der Waals surface area contributed by atoms with Crippen molar-refractivity contribution < 1.29 is 19.6 Å². The lowest BCUT2D eigenvalue weighted by molar-refractivity contribution is -0.384. The predicted molar refractivity (Wildman–Crippen MR) is 72.8 cm³/mol. The van der Waals surface area contributed by atoms with Crippen LogP contribution in [0.3, 0.4) is 0 Å². The van der Waals surface area contributed by atoms with Crippen molar-refractivity contribution >= 4 is 23.3 Å². The number of aromatic carboxylic acids is 1. The SMILES string of the molecule is CCCC(C)C(=O)Nc1ccc([N+](=O)[O-])cc1C(=O)O. The number of carbonyl (C=O) groups is 2. The van der Waals surface area contributed by atoms with Crippen molar-refractivity contribution in [2.75, 3.05) is 5.32 Å². The van der Waals surface area contributed by atoms with Crippen LogP contribution in [0.15, 0.2) is 18.2 Å². The van der Waals surface area contributed by atoms with Gasteiger partial charge in [0, 0.05) is 18.1 Å². The molecule has 0 bridgehead atoms. The van der Waals surface area contributed by atoms with Crippen molar-refractivity contribution in [1.82, 2.24) is 0 Å². The van der Waals surface area contributed by atoms with Crippen LogP contribution in [0.5, 0.6) is 0 Å². The molecule has 0 aliphatic rings. The van der Waals surface area contributed by atoms with Gasteiger partial charge in [-0.05, 0) is 12.5 Å². The van der Waals surface area contributed by atoms with E-state index < -0.39 is 10.9 Å². The maximum Gasteiger partial charge on any atom is 0.338 e. The molecule has 1 atom stereocenters. The highest BCUT2D eigenvalue weighted by atomic mass is 16.6. The van der Waals surface area contributed by atoms with E-state index in [2.05, 4.69) is 5.32 Å². The topological polar surface area (TPSA) is 110 Å². The Bertz CT molecular complexity index is 542. The second kappa shape index (κ2) is 6.65. The summed E-state index contributed by atoms with van der Waals surface area (Å²) in [6.07, 6.45) is 1.52. The van der Waals surface area contributed by atoms with Gasteiger partial charge in [0.1, 0.15) is 0 Å². The summed E-state index contributed by atoms with van der Waals surface area (Å²) in [7, 11) is 0. The number of carboxylic acids is 1. The van der Waals surface area contributed by atoms with E-state index in [9.17, 15) is 19.7 Å². The molecule has 0 aliphatic heterocycles. The lowest BCUT2D eigenvalue weighted by atomic mass is 10.0. The molecule has 1 amide bonds. The minimum atomic E-state index is -1.33. The van der Waals surface area contributed by atoms with E-state index in [1.165, 1.54) is 6.07 Å². The number of non-ortho nitro benzene ring substituents is 1. The first kappa shape index (κ1) is 15.6. The van der Waals surface area contributed by atoms with E-state index >= 15 is 0 Å². The largest absolute Gasteiger partial charge is 0.478 e. The van der Waals surface area contributed by atoms with Crippen LogP contribution in [-0.4, -0.2) is 21.9 Å². The maximum atomic E-state index is 11.9. The van der Waals surface area contributed by atoms with Crippen LogP contribution in [0.4, 0.5) is 11.4 Å². The van der Waals surface area contributed by atoms with Crippen molar-refractivity contribution in [1.29, 1.82) is 0 Å². The first-order chi connectivity index (χ1) is 9.36. The third-order valence-electron chi connectivity index (χ3n) is 2.87. The molecule has 0 aliphatic carbocycles. The van der Waals surface area contributed by atoms with Gasteiger partial charge in [0.2, 0.25) is 5.91 Å². The van der Waals surface area contributed by atoms with Crippen LogP contribution >= 0.6 is 0 Å². The molecule has 0 saturated carbocycles. The third kappa shape index (κ3) is 3.78. The first-order valence-electron chi connectivity index (χ1n) is 6.19. The quantitative estimate of drug-likeness (QED) is 0.615. The van der Waals surface area contributed by atoms with E-state index in [1.54, 1.807) is 6.92 Å². The molecule has 0 radical (unpaired) electrons. The van der Waals surface area contributed by atoms with Gasteiger partial charge in [0.15, 0.2) is 0 Å². The van der Waals surface area contributed by atoms with Gasteiger partial charge in [-0.25, -0.2) is 4.79 Å². The molecule has 1 unspecified atom stereocenters. The summed E-state index contributed by atoms with van der Waals surface area (Å²) in [5.74, 6) is -1.88. The van der Waals surface area contributed by atoms with Gasteiger partial charge < -0.3 is 10.4 Å². The summed E-state index contributed by atoms with van der Waals surface area (Å²) in [6.45, 7) is 3.68. The molecule has 1 aromatic carbocycles. The van der Waals surface area contributed by atoms with Gasteiger partial charge in [-0.1, -0.05) is 20.3 Å². The summed E-state index contributed by atoms with van der Waals surface area (Å²) in [5.41, 5.74) is -0.561. The second-order valence-electron chi connectivity index (χ2n) is 4.47. The highest BCUT2D eigenvalue weighted by Crippen LogP contribution is 2.23. The highest BCUT2D eigenvalue weighted by Gasteiger charge is 2.19. The second-order valence-corrected chi connectivity index (χ2v) is 4.47. The molecule has 0 fully saturated rings. The van der Waals surface area contributed by atoms with Gasteiger partial charge in [-0.2, -0.15) is 0 Å². The van der Waals surface area contributed by atoms with Crippen molar-refractivity contribution in [3.63, 3.8) is 0 Å². The Hall–Kier alpha value is -2.44. The monoisotopic (exact) mass is 280 g/mol. The molecule has 0 heterocycles. The number of anilines is 1. The number of benzene rings is 1. The number of carbonyl (C=O) groups excluding carboxylic acids is 1. The fraction of sp³-hybridized carbons (Fsp3) is 0.385. The van der Waals surface area contributed by atoms with E-state index in [1.807, 2.05) is 6.92 Å². The number of nitrogens with one attached hydrogen (secondary N) is 1. The summed E-state index contributed by atoms with van der Waals surface area (Å²) in [4.78, 5) is 32.9. The van der Waals surface area contributed by atoms with Crippen LogP contribution in [0.1, 0.15) is 37.0 Å². The Morgan fingerprint density at radius 2 is 2.10 bits per heavy atom. The zero-order valence-electron chi connectivity index (χ0n) is 11.3. The normalized spacial score (nSPS) is 11.7. The molecule has 7 nitrogen and oxygen atoms in total. The van der Waals surface area contributed by atoms with Crippen molar-refractivity contribution in [2.24, 2.45) is 5.92 Å². The molecular formula is C13H16N2O5. The first-order valence-corrected chi connectivity index (χ1v) is 6.19. The molecule has 20 heavy (non-hydrogen) atoms. The third-order valence-corrected chi connectivity index (χ3v) is 2.87. The number of hydrogen-bond acceptors (Lipinski definition) is 4. The minimum Gasteiger partial charge on any atom is -0.478 e. The van der Waals surface area contributed by atoms with Crippen LogP contribution in [0.2, 0.25) is 0 Å². The lowest BCUT2D eigenvalue weighted by Gasteiger charge is -2.12. The van der Waals surface area contributed by atoms with Crippen LogP contribution < -0.4 is 5.32 Å². The summed E-state index contributed by atoms with van der Waals surface area (Å²) < 4.78 is 0. The number of amides is 1. The number of carboxylic acid groups (broad SMARTS) is 1. The van der Waals surface area contributed by atoms with Gasteiger partial charge in [0.25, 0.3) is 5.69 Å². The van der Waals surface area contributed by atoms with Gasteiger partial charge >= 0.3 is 5.97 Å². The highest BCUT2D eigenvalue weighted by molar-refractivity contribution is 6.01. The Balaban J connectivity index is 3.03. The number of rotatable bonds is 6. The summed E-state index contributed by atoms with van der Waals surface area (Å²) in [5, 5.41) is 22.2. The van der Waals surface area contributed by atoms with Gasteiger partial charge in [-0.3, -0.25) is 14.9 Å². The van der Waals surface area contributed by atoms with Crippen LogP contribution in [0, 0.1) is 16.0 Å². The Kier molecular flexibility index (Phi) is 5.19. The lowest BCUT2D eigenvalue weighted by Crippen LogP contribution is -2.21. The number of hydrogen-bond donors (Lipinski definition) is 2. The minimum absolute atomic E-state index is 0.0658. The zero-order chi connectivity index (χ0) is 15.3. The molecule has 7 heteroatoms. The van der Waals surface area contributed by atoms with E-state index in [-0.39, 0.29) is 28.8 Å². The fourth-order valence-electron chi connectivity index (χ4n) is 1.75. The van der Waals surface area contributed by atoms with E-state index in [4.69, 9.17) is 5.11 Å². The van der Waals surface area contributed by atoms with E-state index in [0.29, 0.717) is 6.42 Å². The van der Waals surface area contributed by atoms with Crippen molar-refractivity contribution in [3.8, 4) is 0 Å². The smallest absolute Gasteiger partial charge is 0.338 e. The number of nitro benzene ring substituents is 1. The Morgan fingerprint density at radius 1 is 1.45 bits per heavy atom. The maximum absolute atomic E-state index is 11.9.